The zero-order chi connectivity index (χ0) is 23.4. The Hall–Kier alpha value is -3.33. The number of hydrogen-bond acceptors (Lipinski definition) is 7. The highest BCUT2D eigenvalue weighted by molar-refractivity contribution is 7.46. The Morgan fingerprint density at radius 2 is 1.82 bits per heavy atom. The molecular formula is C23H22N3O6P. The summed E-state index contributed by atoms with van der Waals surface area (Å²) in [5.74, 6) is 0.406. The second-order valence-electron chi connectivity index (χ2n) is 7.42. The molecule has 1 unspecified atom stereocenters. The van der Waals surface area contributed by atoms with Crippen molar-refractivity contribution in [1.82, 2.24) is 10.1 Å². The van der Waals surface area contributed by atoms with Crippen LogP contribution in [0.2, 0.25) is 0 Å². The third-order valence-corrected chi connectivity index (χ3v) is 5.54. The maximum atomic E-state index is 12.5. The minimum Gasteiger partial charge on any atom is -0.356 e. The minimum atomic E-state index is -4.62. The lowest BCUT2D eigenvalue weighted by Gasteiger charge is -2.30. The standard InChI is InChI=1S/C23H22N3O6P/c24-23-20(7-4-12-26(23)15-31-33(28,29)30)21-14-19(25-32-21)13-16-8-10-18(11-9-16)22(27)17-5-2-1-3-6-17/h1-12,14,23H,13,15,24H2,(H2,28,29,30). The Balaban J connectivity index is 1.42. The van der Waals surface area contributed by atoms with Crippen molar-refractivity contribution < 1.29 is 28.2 Å². The smallest absolute Gasteiger partial charge is 0.356 e. The zero-order valence-electron chi connectivity index (χ0n) is 17.4. The molecule has 0 saturated carbocycles. The van der Waals surface area contributed by atoms with E-state index in [0.717, 1.165) is 5.56 Å². The number of benzene rings is 2. The number of phosphoric acid groups is 1. The molecule has 0 amide bonds. The van der Waals surface area contributed by atoms with Crippen molar-refractivity contribution in [1.29, 1.82) is 0 Å². The van der Waals surface area contributed by atoms with Crippen LogP contribution in [-0.4, -0.2) is 38.5 Å². The Labute approximate surface area is 190 Å². The van der Waals surface area contributed by atoms with E-state index in [1.165, 1.54) is 4.90 Å². The SMILES string of the molecule is NC1C(c2cc(Cc3ccc(C(=O)c4ccccc4)cc3)no2)=CC=CN1COP(=O)(O)O. The van der Waals surface area contributed by atoms with Crippen molar-refractivity contribution in [3.63, 3.8) is 0 Å². The van der Waals surface area contributed by atoms with E-state index in [2.05, 4.69) is 9.68 Å². The molecular weight excluding hydrogens is 445 g/mol. The topological polar surface area (TPSA) is 139 Å². The van der Waals surface area contributed by atoms with Gasteiger partial charge in [0.05, 0.1) is 5.69 Å². The molecule has 33 heavy (non-hydrogen) atoms. The molecule has 0 saturated heterocycles. The van der Waals surface area contributed by atoms with E-state index in [1.54, 1.807) is 48.7 Å². The molecule has 1 atom stereocenters. The van der Waals surface area contributed by atoms with Gasteiger partial charge in [0.15, 0.2) is 11.5 Å². The number of carbonyl (C=O) groups is 1. The summed E-state index contributed by atoms with van der Waals surface area (Å²) >= 11 is 0. The van der Waals surface area contributed by atoms with Crippen molar-refractivity contribution in [3.05, 3.63) is 107 Å². The predicted molar refractivity (Wildman–Crippen MR) is 121 cm³/mol. The first-order chi connectivity index (χ1) is 15.8. The monoisotopic (exact) mass is 467 g/mol. The first kappa shape index (κ1) is 22.8. The number of aromatic nitrogens is 1. The van der Waals surface area contributed by atoms with E-state index < -0.39 is 14.0 Å². The van der Waals surface area contributed by atoms with Crippen LogP contribution in [0.1, 0.15) is 32.9 Å². The van der Waals surface area contributed by atoms with E-state index in [4.69, 9.17) is 20.0 Å². The van der Waals surface area contributed by atoms with Crippen LogP contribution < -0.4 is 5.73 Å². The van der Waals surface area contributed by atoms with Gasteiger partial charge in [-0.3, -0.25) is 9.32 Å². The van der Waals surface area contributed by atoms with Crippen LogP contribution in [0.5, 0.6) is 0 Å². The Bertz CT molecular complexity index is 1230. The van der Waals surface area contributed by atoms with Crippen molar-refractivity contribution in [2.75, 3.05) is 6.73 Å². The van der Waals surface area contributed by atoms with Crippen molar-refractivity contribution in [3.8, 4) is 0 Å². The second-order valence-corrected chi connectivity index (χ2v) is 8.66. The molecule has 4 N–H and O–H groups in total. The molecule has 0 spiro atoms. The van der Waals surface area contributed by atoms with E-state index in [-0.39, 0.29) is 12.5 Å². The van der Waals surface area contributed by atoms with Gasteiger partial charge in [-0.25, -0.2) is 4.57 Å². The molecule has 1 aliphatic rings. The summed E-state index contributed by atoms with van der Waals surface area (Å²) in [4.78, 5) is 31.8. The van der Waals surface area contributed by atoms with Gasteiger partial charge in [-0.1, -0.05) is 65.8 Å². The lowest BCUT2D eigenvalue weighted by molar-refractivity contribution is 0.103. The molecule has 3 aromatic rings. The predicted octanol–water partition coefficient (Wildman–Crippen LogP) is 3.06. The molecule has 0 radical (unpaired) electrons. The molecule has 1 aliphatic heterocycles. The first-order valence-corrected chi connectivity index (χ1v) is 11.6. The summed E-state index contributed by atoms with van der Waals surface area (Å²) in [5, 5.41) is 4.10. The van der Waals surface area contributed by atoms with Crippen LogP contribution in [0.3, 0.4) is 0 Å². The lowest BCUT2D eigenvalue weighted by atomic mass is 10.0. The van der Waals surface area contributed by atoms with Gasteiger partial charge < -0.3 is 24.9 Å². The van der Waals surface area contributed by atoms with Gasteiger partial charge in [0.2, 0.25) is 0 Å². The maximum absolute atomic E-state index is 12.5. The summed E-state index contributed by atoms with van der Waals surface area (Å²) in [7, 11) is -4.62. The largest absolute Gasteiger partial charge is 0.471 e. The molecule has 0 aliphatic carbocycles. The van der Waals surface area contributed by atoms with Crippen LogP contribution >= 0.6 is 7.82 Å². The number of carbonyl (C=O) groups excluding carboxylic acids is 1. The second kappa shape index (κ2) is 9.66. The van der Waals surface area contributed by atoms with Gasteiger partial charge in [-0.2, -0.15) is 0 Å². The molecule has 10 heteroatoms. The van der Waals surface area contributed by atoms with Crippen LogP contribution in [0, 0.1) is 0 Å². The molecule has 0 fully saturated rings. The zero-order valence-corrected chi connectivity index (χ0v) is 18.3. The fourth-order valence-electron chi connectivity index (χ4n) is 3.39. The van der Waals surface area contributed by atoms with Crippen molar-refractivity contribution in [2.24, 2.45) is 5.73 Å². The summed E-state index contributed by atoms with van der Waals surface area (Å²) in [6.07, 6.45) is 4.75. The first-order valence-electron chi connectivity index (χ1n) is 10.0. The Kier molecular flexibility index (Phi) is 6.69. The summed E-state index contributed by atoms with van der Waals surface area (Å²) in [6.45, 7) is -0.381. The van der Waals surface area contributed by atoms with E-state index in [0.29, 0.717) is 34.6 Å². The van der Waals surface area contributed by atoms with Gasteiger partial charge in [-0.05, 0) is 11.6 Å². The normalized spacial score (nSPS) is 16.0. The molecule has 170 valence electrons. The average Bonchev–Trinajstić information content (AvgIpc) is 3.26. The quantitative estimate of drug-likeness (QED) is 0.337. The number of nitrogens with two attached hydrogens (primary N) is 1. The molecule has 2 aromatic carbocycles. The van der Waals surface area contributed by atoms with Crippen molar-refractivity contribution >= 4 is 19.2 Å². The van der Waals surface area contributed by atoms with Gasteiger partial charge in [0.1, 0.15) is 12.9 Å². The highest BCUT2D eigenvalue weighted by atomic mass is 31.2. The lowest BCUT2D eigenvalue weighted by Crippen LogP contribution is -2.41. The number of rotatable bonds is 8. The van der Waals surface area contributed by atoms with Crippen LogP contribution in [0.25, 0.3) is 5.57 Å². The summed E-state index contributed by atoms with van der Waals surface area (Å²) < 4.78 is 20.9. The molecule has 2 heterocycles. The van der Waals surface area contributed by atoms with E-state index in [1.807, 2.05) is 30.3 Å². The van der Waals surface area contributed by atoms with Crippen LogP contribution in [0.15, 0.2) is 83.5 Å². The molecule has 1 aromatic heterocycles. The van der Waals surface area contributed by atoms with Crippen LogP contribution in [-0.2, 0) is 15.5 Å². The Morgan fingerprint density at radius 1 is 1.12 bits per heavy atom. The number of allylic oxidation sites excluding steroid dienone is 2. The Morgan fingerprint density at radius 3 is 2.52 bits per heavy atom. The average molecular weight is 467 g/mol. The van der Waals surface area contributed by atoms with Gasteiger partial charge in [-0.15, -0.1) is 0 Å². The highest BCUT2D eigenvalue weighted by Gasteiger charge is 2.25. The van der Waals surface area contributed by atoms with Gasteiger partial charge in [0.25, 0.3) is 0 Å². The third-order valence-electron chi connectivity index (χ3n) is 5.09. The van der Waals surface area contributed by atoms with E-state index >= 15 is 0 Å². The summed E-state index contributed by atoms with van der Waals surface area (Å²) in [5.41, 5.74) is 9.66. The molecule has 0 bridgehead atoms. The number of phosphoric ester groups is 1. The van der Waals surface area contributed by atoms with Gasteiger partial charge in [0, 0.05) is 35.4 Å². The van der Waals surface area contributed by atoms with Crippen LogP contribution in [0.4, 0.5) is 0 Å². The minimum absolute atomic E-state index is 0.0376. The molecule has 4 rings (SSSR count). The van der Waals surface area contributed by atoms with Gasteiger partial charge >= 0.3 is 7.82 Å². The fourth-order valence-corrected chi connectivity index (χ4v) is 3.67. The highest BCUT2D eigenvalue weighted by Crippen LogP contribution is 2.36. The van der Waals surface area contributed by atoms with Crippen molar-refractivity contribution in [2.45, 2.75) is 12.6 Å². The fraction of sp³-hybridized carbons (Fsp3) is 0.130. The number of hydrogen-bond donors (Lipinski definition) is 3. The molecule has 9 nitrogen and oxygen atoms in total. The maximum Gasteiger partial charge on any atom is 0.471 e. The summed E-state index contributed by atoms with van der Waals surface area (Å²) in [6, 6.07) is 18.2. The number of nitrogens with zero attached hydrogens (tertiary/aromatic N) is 2. The third kappa shape index (κ3) is 5.73. The van der Waals surface area contributed by atoms with E-state index in [9.17, 15) is 9.36 Å². The number of ketones is 1.